The number of hydrogen-bond donors (Lipinski definition) is 1. The first-order valence-electron chi connectivity index (χ1n) is 7.22. The summed E-state index contributed by atoms with van der Waals surface area (Å²) in [4.78, 5) is 13.7. The van der Waals surface area contributed by atoms with Crippen molar-refractivity contribution in [3.63, 3.8) is 0 Å². The lowest BCUT2D eigenvalue weighted by molar-refractivity contribution is -0.118. The molecule has 0 aromatic heterocycles. The molecule has 0 atom stereocenters. The van der Waals surface area contributed by atoms with Gasteiger partial charge in [-0.05, 0) is 37.1 Å². The first-order chi connectivity index (χ1) is 10.2. The van der Waals surface area contributed by atoms with Crippen molar-refractivity contribution in [1.29, 1.82) is 0 Å². The number of hydrogen-bond acceptors (Lipinski definition) is 4. The zero-order valence-corrected chi connectivity index (χ0v) is 12.2. The fourth-order valence-corrected chi connectivity index (χ4v) is 2.81. The van der Waals surface area contributed by atoms with E-state index < -0.39 is 0 Å². The van der Waals surface area contributed by atoms with Crippen LogP contribution in [-0.4, -0.2) is 45.1 Å². The molecule has 3 rings (SSSR count). The summed E-state index contributed by atoms with van der Waals surface area (Å²) in [5.74, 6) is 0.637. The van der Waals surface area contributed by atoms with Crippen LogP contribution in [0.15, 0.2) is 23.8 Å². The Bertz CT molecular complexity index is 572. The average molecular weight is 286 g/mol. The molecule has 2 heterocycles. The average Bonchev–Trinajstić information content (AvgIpc) is 2.47. The van der Waals surface area contributed by atoms with Crippen molar-refractivity contribution < 1.29 is 14.2 Å². The smallest absolute Gasteiger partial charge is 0.363 e. The molecular formula is C15H19BN2O3. The summed E-state index contributed by atoms with van der Waals surface area (Å²) in [7, 11) is 2.40. The van der Waals surface area contributed by atoms with Gasteiger partial charge in [0, 0.05) is 13.7 Å². The summed E-state index contributed by atoms with van der Waals surface area (Å²) in [6, 6.07) is 5.91. The molecule has 1 aromatic carbocycles. The van der Waals surface area contributed by atoms with E-state index in [9.17, 15) is 4.79 Å². The highest BCUT2D eigenvalue weighted by Crippen LogP contribution is 2.29. The van der Waals surface area contributed by atoms with E-state index in [1.54, 1.807) is 7.11 Å². The SMILES string of the molecule is COBN1CCCC(=Cc2ccc3c(c2)NC(=O)CO3)C1. The van der Waals surface area contributed by atoms with Gasteiger partial charge in [0.1, 0.15) is 5.75 Å². The van der Waals surface area contributed by atoms with Crippen molar-refractivity contribution in [2.24, 2.45) is 0 Å². The Balaban J connectivity index is 1.76. The Morgan fingerprint density at radius 3 is 3.24 bits per heavy atom. The second-order valence-electron chi connectivity index (χ2n) is 5.47. The van der Waals surface area contributed by atoms with Gasteiger partial charge in [-0.25, -0.2) is 0 Å². The molecule has 21 heavy (non-hydrogen) atoms. The van der Waals surface area contributed by atoms with E-state index >= 15 is 0 Å². The number of carbonyl (C=O) groups excluding carboxylic acids is 1. The third-order valence-corrected chi connectivity index (χ3v) is 3.72. The maximum Gasteiger partial charge on any atom is 0.363 e. The van der Waals surface area contributed by atoms with Crippen LogP contribution < -0.4 is 10.1 Å². The van der Waals surface area contributed by atoms with Gasteiger partial charge >= 0.3 is 7.62 Å². The molecular weight excluding hydrogens is 267 g/mol. The van der Waals surface area contributed by atoms with Crippen LogP contribution in [0.4, 0.5) is 5.69 Å². The highest BCUT2D eigenvalue weighted by Gasteiger charge is 2.17. The molecule has 5 nitrogen and oxygen atoms in total. The molecule has 1 amide bonds. The van der Waals surface area contributed by atoms with E-state index in [2.05, 4.69) is 16.2 Å². The molecule has 1 saturated heterocycles. The van der Waals surface area contributed by atoms with E-state index in [-0.39, 0.29) is 12.5 Å². The van der Waals surface area contributed by atoms with Crippen LogP contribution in [0.3, 0.4) is 0 Å². The maximum absolute atomic E-state index is 11.4. The number of nitrogens with one attached hydrogen (secondary N) is 1. The van der Waals surface area contributed by atoms with Crippen molar-refractivity contribution in [2.75, 3.05) is 32.1 Å². The number of ether oxygens (including phenoxy) is 1. The number of benzene rings is 1. The molecule has 0 aliphatic carbocycles. The van der Waals surface area contributed by atoms with E-state index in [1.165, 1.54) is 5.57 Å². The lowest BCUT2D eigenvalue weighted by Gasteiger charge is -2.27. The minimum absolute atomic E-state index is 0.0966. The number of carbonyl (C=O) groups is 1. The molecule has 6 heteroatoms. The molecule has 1 aromatic rings. The number of rotatable bonds is 3. The summed E-state index contributed by atoms with van der Waals surface area (Å²) in [5, 5.41) is 2.84. The molecule has 2 aliphatic heterocycles. The third kappa shape index (κ3) is 3.46. The molecule has 0 radical (unpaired) electrons. The normalized spacial score (nSPS) is 20.6. The van der Waals surface area contributed by atoms with E-state index in [4.69, 9.17) is 9.39 Å². The van der Waals surface area contributed by atoms with Gasteiger partial charge in [-0.15, -0.1) is 0 Å². The molecule has 0 saturated carbocycles. The maximum atomic E-state index is 11.4. The highest BCUT2D eigenvalue weighted by atomic mass is 16.5. The van der Waals surface area contributed by atoms with Crippen LogP contribution in [0, 0.1) is 0 Å². The highest BCUT2D eigenvalue weighted by molar-refractivity contribution is 6.23. The number of anilines is 1. The minimum atomic E-state index is -0.101. The number of nitrogens with zero attached hydrogens (tertiary/aromatic N) is 1. The second-order valence-corrected chi connectivity index (χ2v) is 5.47. The lowest BCUT2D eigenvalue weighted by atomic mass is 9.97. The molecule has 0 bridgehead atoms. The number of fused-ring (bicyclic) bond motifs is 1. The molecule has 1 N–H and O–H groups in total. The summed E-state index contributed by atoms with van der Waals surface area (Å²) < 4.78 is 10.6. The Kier molecular flexibility index (Phi) is 4.27. The van der Waals surface area contributed by atoms with Crippen LogP contribution in [0.5, 0.6) is 5.75 Å². The first-order valence-corrected chi connectivity index (χ1v) is 7.22. The van der Waals surface area contributed by atoms with Crippen molar-refractivity contribution in [1.82, 2.24) is 4.81 Å². The van der Waals surface area contributed by atoms with Gasteiger partial charge in [0.25, 0.3) is 5.91 Å². The third-order valence-electron chi connectivity index (χ3n) is 3.72. The van der Waals surface area contributed by atoms with Gasteiger partial charge in [-0.1, -0.05) is 17.7 Å². The molecule has 0 spiro atoms. The zero-order valence-electron chi connectivity index (χ0n) is 12.2. The van der Waals surface area contributed by atoms with E-state index in [1.807, 2.05) is 18.2 Å². The molecule has 0 unspecified atom stereocenters. The largest absolute Gasteiger partial charge is 0.482 e. The summed E-state index contributed by atoms with van der Waals surface area (Å²) in [6.45, 7) is 2.12. The van der Waals surface area contributed by atoms with E-state index in [0.29, 0.717) is 7.62 Å². The summed E-state index contributed by atoms with van der Waals surface area (Å²) >= 11 is 0. The van der Waals surface area contributed by atoms with Crippen LogP contribution in [0.2, 0.25) is 0 Å². The molecule has 2 aliphatic rings. The number of piperidine rings is 1. The Hall–Kier alpha value is -1.79. The van der Waals surface area contributed by atoms with Gasteiger partial charge in [0.05, 0.1) is 5.69 Å². The standard InChI is InChI=1S/C15H19BN2O3/c1-20-16-18-6-2-3-12(9-18)7-11-4-5-14-13(8-11)17-15(19)10-21-14/h4-5,7-8,16H,2-3,6,9-10H2,1H3,(H,17,19). The van der Waals surface area contributed by atoms with Crippen LogP contribution in [0.1, 0.15) is 18.4 Å². The van der Waals surface area contributed by atoms with Crippen molar-refractivity contribution in [2.45, 2.75) is 12.8 Å². The predicted octanol–water partition coefficient (Wildman–Crippen LogP) is 1.41. The Morgan fingerprint density at radius 2 is 2.38 bits per heavy atom. The fourth-order valence-electron chi connectivity index (χ4n) is 2.81. The van der Waals surface area contributed by atoms with Gasteiger partial charge in [-0.3, -0.25) is 4.79 Å². The van der Waals surface area contributed by atoms with Gasteiger partial charge < -0.3 is 19.5 Å². The topological polar surface area (TPSA) is 50.8 Å². The zero-order chi connectivity index (χ0) is 14.7. The first kappa shape index (κ1) is 14.2. The Labute approximate surface area is 125 Å². The summed E-state index contributed by atoms with van der Waals surface area (Å²) in [5.41, 5.74) is 3.24. The van der Waals surface area contributed by atoms with Crippen LogP contribution >= 0.6 is 0 Å². The predicted molar refractivity (Wildman–Crippen MR) is 83.5 cm³/mol. The van der Waals surface area contributed by atoms with Crippen molar-refractivity contribution in [3.05, 3.63) is 29.3 Å². The fraction of sp³-hybridized carbons (Fsp3) is 0.400. The Morgan fingerprint density at radius 1 is 1.48 bits per heavy atom. The molecule has 110 valence electrons. The van der Waals surface area contributed by atoms with E-state index in [0.717, 1.165) is 42.9 Å². The minimum Gasteiger partial charge on any atom is -0.482 e. The van der Waals surface area contributed by atoms with Crippen molar-refractivity contribution in [3.8, 4) is 5.75 Å². The second kappa shape index (κ2) is 6.32. The quantitative estimate of drug-likeness (QED) is 0.854. The van der Waals surface area contributed by atoms with Crippen LogP contribution in [-0.2, 0) is 9.45 Å². The van der Waals surface area contributed by atoms with Crippen LogP contribution in [0.25, 0.3) is 6.08 Å². The molecule has 1 fully saturated rings. The van der Waals surface area contributed by atoms with Gasteiger partial charge in [0.2, 0.25) is 0 Å². The van der Waals surface area contributed by atoms with Gasteiger partial charge in [-0.2, -0.15) is 0 Å². The monoisotopic (exact) mass is 286 g/mol. The number of amides is 1. The summed E-state index contributed by atoms with van der Waals surface area (Å²) in [6.07, 6.45) is 4.46. The van der Waals surface area contributed by atoms with Gasteiger partial charge in [0.15, 0.2) is 6.61 Å². The van der Waals surface area contributed by atoms with Crippen molar-refractivity contribution >= 4 is 25.3 Å². The lowest BCUT2D eigenvalue weighted by Crippen LogP contribution is -2.35.